The highest BCUT2D eigenvalue weighted by molar-refractivity contribution is 7.81. The zero-order chi connectivity index (χ0) is 24.0. The number of carboxylic acids is 1. The number of amides is 1. The Morgan fingerprint density at radius 2 is 2.00 bits per heavy atom. The normalized spacial score (nSPS) is 18.8. The number of thiol groups is 1. The van der Waals surface area contributed by atoms with Crippen molar-refractivity contribution in [2.75, 3.05) is 13.2 Å². The second-order valence-electron chi connectivity index (χ2n) is 7.68. The molecule has 2 N–H and O–H groups in total. The fourth-order valence-corrected chi connectivity index (χ4v) is 4.16. The maximum absolute atomic E-state index is 13.9. The van der Waals surface area contributed by atoms with Gasteiger partial charge in [0.1, 0.15) is 5.82 Å². The Morgan fingerprint density at radius 3 is 2.64 bits per heavy atom. The first kappa shape index (κ1) is 25.0. The van der Waals surface area contributed by atoms with E-state index in [1.54, 1.807) is 37.3 Å². The first-order chi connectivity index (χ1) is 15.7. The molecule has 2 aromatic carbocycles. The van der Waals surface area contributed by atoms with Crippen LogP contribution in [0.25, 0.3) is 5.57 Å². The number of ether oxygens (including phenoxy) is 1. The Kier molecular flexibility index (Phi) is 8.35. The summed E-state index contributed by atoms with van der Waals surface area (Å²) in [5.41, 5.74) is 0.759. The highest BCUT2D eigenvalue weighted by Gasteiger charge is 2.44. The Balaban J connectivity index is 1.76. The van der Waals surface area contributed by atoms with Gasteiger partial charge < -0.3 is 15.2 Å². The van der Waals surface area contributed by atoms with Crippen LogP contribution in [0.15, 0.2) is 66.3 Å². The molecule has 33 heavy (non-hydrogen) atoms. The minimum Gasteiger partial charge on any atom is -0.479 e. The number of aliphatic carboxylic acids is 1. The Morgan fingerprint density at radius 1 is 1.27 bits per heavy atom. The van der Waals surface area contributed by atoms with Crippen LogP contribution in [0.3, 0.4) is 0 Å². The molecule has 174 valence electrons. The van der Waals surface area contributed by atoms with Gasteiger partial charge in [-0.3, -0.25) is 4.79 Å². The maximum atomic E-state index is 13.9. The molecule has 1 aliphatic rings. The van der Waals surface area contributed by atoms with Gasteiger partial charge in [-0.25, -0.2) is 9.18 Å². The monoisotopic (exact) mass is 489 g/mol. The van der Waals surface area contributed by atoms with Gasteiger partial charge in [0.15, 0.2) is 5.60 Å². The van der Waals surface area contributed by atoms with E-state index in [1.807, 2.05) is 12.1 Å². The van der Waals surface area contributed by atoms with Crippen molar-refractivity contribution in [3.8, 4) is 0 Å². The fraction of sp³-hybridized carbons (Fsp3) is 0.280. The number of carbonyl (C=O) groups excluding carboxylic acids is 1. The van der Waals surface area contributed by atoms with Gasteiger partial charge in [0, 0.05) is 30.2 Å². The first-order valence-electron chi connectivity index (χ1n) is 10.5. The van der Waals surface area contributed by atoms with Crippen molar-refractivity contribution >= 4 is 41.7 Å². The molecule has 2 aromatic rings. The lowest BCUT2D eigenvalue weighted by molar-refractivity contribution is -0.157. The third kappa shape index (κ3) is 6.05. The highest BCUT2D eigenvalue weighted by Crippen LogP contribution is 2.39. The van der Waals surface area contributed by atoms with Gasteiger partial charge in [0.25, 0.3) is 0 Å². The third-order valence-electron chi connectivity index (χ3n) is 5.40. The molecule has 0 radical (unpaired) electrons. The third-order valence-corrected chi connectivity index (χ3v) is 6.07. The largest absolute Gasteiger partial charge is 0.479 e. The van der Waals surface area contributed by atoms with Crippen molar-refractivity contribution in [1.29, 1.82) is 0 Å². The van der Waals surface area contributed by atoms with Crippen LogP contribution < -0.4 is 5.32 Å². The van der Waals surface area contributed by atoms with Crippen molar-refractivity contribution in [3.63, 3.8) is 0 Å². The van der Waals surface area contributed by atoms with E-state index in [2.05, 4.69) is 17.9 Å². The summed E-state index contributed by atoms with van der Waals surface area (Å²) < 4.78 is 19.6. The van der Waals surface area contributed by atoms with E-state index >= 15 is 0 Å². The smallest absolute Gasteiger partial charge is 0.341 e. The molecule has 0 bridgehead atoms. The van der Waals surface area contributed by atoms with Crippen LogP contribution in [0.1, 0.15) is 24.5 Å². The number of nitrogens with one attached hydrogen (secondary N) is 1. The van der Waals surface area contributed by atoms with E-state index < -0.39 is 22.6 Å². The second kappa shape index (κ2) is 11.0. The number of carboxylic acid groups (broad SMARTS) is 1. The molecule has 0 saturated heterocycles. The standard InChI is InChI=1S/C25H25ClFNO4S/c1-2-32-25(24(30)31)11-10-17(12-21(25)18-4-3-5-20(27)14-18)15-28-23(29)22(33)13-16-6-8-19(26)9-7-16/h3-10,12,14,22,33H,2,11,13,15H2,1H3,(H,28,29)(H,30,31). The molecule has 2 unspecified atom stereocenters. The molecule has 0 spiro atoms. The summed E-state index contributed by atoms with van der Waals surface area (Å²) in [6.07, 6.45) is 3.86. The van der Waals surface area contributed by atoms with Crippen molar-refractivity contribution in [3.05, 3.63) is 88.2 Å². The molecule has 0 aliphatic heterocycles. The SMILES string of the molecule is CCOC1(C(=O)O)CC=C(CNC(=O)C(S)Cc2ccc(Cl)cc2)C=C1c1cccc(F)c1. The molecule has 5 nitrogen and oxygen atoms in total. The molecule has 0 heterocycles. The molecule has 2 atom stereocenters. The van der Waals surface area contributed by atoms with Gasteiger partial charge in [-0.05, 0) is 54.3 Å². The lowest BCUT2D eigenvalue weighted by atomic mass is 9.80. The summed E-state index contributed by atoms with van der Waals surface area (Å²) in [5, 5.41) is 12.9. The quantitative estimate of drug-likeness (QED) is 0.446. The number of rotatable bonds is 9. The number of hydrogen-bond acceptors (Lipinski definition) is 4. The zero-order valence-electron chi connectivity index (χ0n) is 18.1. The summed E-state index contributed by atoms with van der Waals surface area (Å²) in [7, 11) is 0. The van der Waals surface area contributed by atoms with E-state index in [4.69, 9.17) is 16.3 Å². The van der Waals surface area contributed by atoms with Gasteiger partial charge in [0.2, 0.25) is 5.91 Å². The van der Waals surface area contributed by atoms with Crippen LogP contribution in [-0.2, 0) is 20.7 Å². The molecule has 8 heteroatoms. The summed E-state index contributed by atoms with van der Waals surface area (Å²) in [6, 6.07) is 12.9. The molecule has 0 saturated carbocycles. The summed E-state index contributed by atoms with van der Waals surface area (Å²) in [4.78, 5) is 24.8. The van der Waals surface area contributed by atoms with E-state index in [0.29, 0.717) is 28.2 Å². The van der Waals surface area contributed by atoms with Crippen molar-refractivity contribution < 1.29 is 23.8 Å². The molecule has 1 aliphatic carbocycles. The predicted molar refractivity (Wildman–Crippen MR) is 130 cm³/mol. The van der Waals surface area contributed by atoms with E-state index in [0.717, 1.165) is 5.56 Å². The van der Waals surface area contributed by atoms with Crippen LogP contribution in [0.2, 0.25) is 5.02 Å². The molecule has 3 rings (SSSR count). The van der Waals surface area contributed by atoms with Crippen LogP contribution in [0.5, 0.6) is 0 Å². The lowest BCUT2D eigenvalue weighted by Crippen LogP contribution is -2.44. The first-order valence-corrected chi connectivity index (χ1v) is 11.4. The van der Waals surface area contributed by atoms with E-state index in [-0.39, 0.29) is 25.5 Å². The summed E-state index contributed by atoms with van der Waals surface area (Å²) >= 11 is 10.3. The highest BCUT2D eigenvalue weighted by atomic mass is 35.5. The second-order valence-corrected chi connectivity index (χ2v) is 8.74. The summed E-state index contributed by atoms with van der Waals surface area (Å²) in [5.74, 6) is -1.89. The van der Waals surface area contributed by atoms with Gasteiger partial charge >= 0.3 is 5.97 Å². The maximum Gasteiger partial charge on any atom is 0.341 e. The van der Waals surface area contributed by atoms with Crippen LogP contribution in [0.4, 0.5) is 4.39 Å². The molecule has 0 fully saturated rings. The number of hydrogen-bond donors (Lipinski definition) is 3. The van der Waals surface area contributed by atoms with Crippen molar-refractivity contribution in [1.82, 2.24) is 5.32 Å². The lowest BCUT2D eigenvalue weighted by Gasteiger charge is -2.34. The van der Waals surface area contributed by atoms with Crippen LogP contribution >= 0.6 is 24.2 Å². The van der Waals surface area contributed by atoms with E-state index in [1.165, 1.54) is 18.2 Å². The van der Waals surface area contributed by atoms with Crippen molar-refractivity contribution in [2.24, 2.45) is 0 Å². The number of halogens is 2. The molecule has 0 aromatic heterocycles. The molecule has 1 amide bonds. The van der Waals surface area contributed by atoms with Gasteiger partial charge in [0.05, 0.1) is 5.25 Å². The Hall–Kier alpha value is -2.61. The Labute approximate surface area is 202 Å². The Bertz CT molecular complexity index is 1090. The van der Waals surface area contributed by atoms with E-state index in [9.17, 15) is 19.1 Å². The predicted octanol–water partition coefficient (Wildman–Crippen LogP) is 4.71. The van der Waals surface area contributed by atoms with Gasteiger partial charge in [-0.1, -0.05) is 48.0 Å². The van der Waals surface area contributed by atoms with Crippen molar-refractivity contribution in [2.45, 2.75) is 30.6 Å². The average molecular weight is 490 g/mol. The topological polar surface area (TPSA) is 75.6 Å². The van der Waals surface area contributed by atoms with Crippen LogP contribution in [0, 0.1) is 5.82 Å². The number of benzene rings is 2. The van der Waals surface area contributed by atoms with Gasteiger partial charge in [-0.2, -0.15) is 12.6 Å². The fourth-order valence-electron chi connectivity index (χ4n) is 3.73. The molecular formula is C25H25ClFNO4S. The zero-order valence-corrected chi connectivity index (χ0v) is 19.7. The minimum atomic E-state index is -1.63. The minimum absolute atomic E-state index is 0.0544. The number of carbonyl (C=O) groups is 2. The summed E-state index contributed by atoms with van der Waals surface area (Å²) in [6.45, 7) is 2.06. The van der Waals surface area contributed by atoms with Crippen LogP contribution in [-0.4, -0.2) is 41.0 Å². The average Bonchev–Trinajstić information content (AvgIpc) is 2.79. The molecular weight excluding hydrogens is 465 g/mol. The van der Waals surface area contributed by atoms with Gasteiger partial charge in [-0.15, -0.1) is 0 Å².